The molecule has 1 N–H and O–H groups in total. The van der Waals surface area contributed by atoms with Crippen molar-refractivity contribution in [3.63, 3.8) is 0 Å². The number of nitrogens with zero attached hydrogens (tertiary/aromatic N) is 2. The molecule has 0 aromatic heterocycles. The van der Waals surface area contributed by atoms with E-state index in [2.05, 4.69) is 21.2 Å². The molecule has 0 aliphatic heterocycles. The Morgan fingerprint density at radius 1 is 0.974 bits per heavy atom. The first-order chi connectivity index (χ1) is 18.4. The number of carbonyl (C=O) groups excluding carboxylic acids is 2. The summed E-state index contributed by atoms with van der Waals surface area (Å²) in [4.78, 5) is 28.6. The minimum Gasteiger partial charge on any atom is -0.352 e. The fourth-order valence-corrected chi connectivity index (χ4v) is 6.30. The normalized spacial score (nSPS) is 12.2. The Labute approximate surface area is 248 Å². The van der Waals surface area contributed by atoms with Crippen molar-refractivity contribution in [2.24, 2.45) is 0 Å². The fourth-order valence-electron chi connectivity index (χ4n) is 4.01. The van der Waals surface area contributed by atoms with Crippen LogP contribution in [0, 0.1) is 0 Å². The van der Waals surface area contributed by atoms with Gasteiger partial charge in [0.1, 0.15) is 12.6 Å². The van der Waals surface area contributed by atoms with E-state index in [1.54, 1.807) is 67.6 Å². The van der Waals surface area contributed by atoms with Crippen molar-refractivity contribution in [3.8, 4) is 0 Å². The minimum atomic E-state index is -4.14. The quantitative estimate of drug-likeness (QED) is 0.264. The molecule has 1 atom stereocenters. The molecule has 0 aliphatic rings. The number of hydrogen-bond acceptors (Lipinski definition) is 4. The second kappa shape index (κ2) is 13.7. The lowest BCUT2D eigenvalue weighted by atomic mass is 10.1. The molecule has 2 amide bonds. The number of amides is 2. The first kappa shape index (κ1) is 30.9. The van der Waals surface area contributed by atoms with Gasteiger partial charge in [-0.1, -0.05) is 76.4 Å². The van der Waals surface area contributed by atoms with Crippen molar-refractivity contribution < 1.29 is 18.0 Å². The Morgan fingerprint density at radius 2 is 1.67 bits per heavy atom. The third kappa shape index (κ3) is 7.97. The fraction of sp³-hybridized carbons (Fsp3) is 0.286. The van der Waals surface area contributed by atoms with Gasteiger partial charge in [0.25, 0.3) is 10.0 Å². The van der Waals surface area contributed by atoms with Crippen LogP contribution in [0.5, 0.6) is 0 Å². The number of nitrogens with one attached hydrogen (secondary N) is 1. The topological polar surface area (TPSA) is 86.8 Å². The Morgan fingerprint density at radius 3 is 2.26 bits per heavy atom. The van der Waals surface area contributed by atoms with Gasteiger partial charge < -0.3 is 10.2 Å². The maximum atomic E-state index is 14.0. The summed E-state index contributed by atoms with van der Waals surface area (Å²) in [5.41, 5.74) is 0.871. The summed E-state index contributed by atoms with van der Waals surface area (Å²) < 4.78 is 29.3. The first-order valence-electron chi connectivity index (χ1n) is 12.3. The second-order valence-corrected chi connectivity index (χ2v) is 12.8. The SMILES string of the molecule is CCC(C(=O)NC(C)C)N(Cc1ccc(Cl)cc1Cl)C(=O)CN(c1cccc(Br)c1)S(=O)(=O)c1ccccc1. The number of benzene rings is 3. The molecule has 0 fully saturated rings. The van der Waals surface area contributed by atoms with Gasteiger partial charge >= 0.3 is 0 Å². The van der Waals surface area contributed by atoms with Crippen LogP contribution in [0.25, 0.3) is 0 Å². The lowest BCUT2D eigenvalue weighted by Crippen LogP contribution is -2.53. The Balaban J connectivity index is 2.08. The highest BCUT2D eigenvalue weighted by Gasteiger charge is 2.34. The van der Waals surface area contributed by atoms with E-state index in [9.17, 15) is 18.0 Å². The third-order valence-corrected chi connectivity index (χ3v) is 8.75. The smallest absolute Gasteiger partial charge is 0.264 e. The summed E-state index contributed by atoms with van der Waals surface area (Å²) in [6.07, 6.45) is 0.303. The summed E-state index contributed by atoms with van der Waals surface area (Å²) in [6.45, 7) is 4.89. The van der Waals surface area contributed by atoms with E-state index >= 15 is 0 Å². The van der Waals surface area contributed by atoms with Gasteiger partial charge in [0.2, 0.25) is 11.8 Å². The molecule has 1 unspecified atom stereocenters. The summed E-state index contributed by atoms with van der Waals surface area (Å²) in [5.74, 6) is -0.905. The lowest BCUT2D eigenvalue weighted by molar-refractivity contribution is -0.140. The molecule has 3 aromatic carbocycles. The summed E-state index contributed by atoms with van der Waals surface area (Å²) in [5, 5.41) is 3.63. The van der Waals surface area contributed by atoms with E-state index < -0.39 is 28.5 Å². The van der Waals surface area contributed by atoms with Crippen LogP contribution in [0.3, 0.4) is 0 Å². The monoisotopic (exact) mass is 653 g/mol. The predicted octanol–water partition coefficient (Wildman–Crippen LogP) is 6.28. The molecule has 3 rings (SSSR count). The molecule has 0 radical (unpaired) electrons. The number of halogens is 3. The molecule has 0 saturated carbocycles. The van der Waals surface area contributed by atoms with E-state index in [1.807, 2.05) is 13.8 Å². The Bertz CT molecular complexity index is 1420. The summed E-state index contributed by atoms with van der Waals surface area (Å²) in [6, 6.07) is 18.4. The van der Waals surface area contributed by atoms with Gasteiger partial charge in [-0.25, -0.2) is 8.42 Å². The standard InChI is InChI=1S/C28H30BrCl2N3O4S/c1-4-26(28(36)32-19(2)3)33(17-20-13-14-22(30)16-25(20)31)27(35)18-34(23-10-8-9-21(29)15-23)39(37,38)24-11-6-5-7-12-24/h5-16,19,26H,4,17-18H2,1-3H3,(H,32,36). The number of sulfonamides is 1. The highest BCUT2D eigenvalue weighted by Crippen LogP contribution is 2.28. The molecule has 0 aliphatic carbocycles. The number of anilines is 1. The van der Waals surface area contributed by atoms with E-state index in [0.717, 1.165) is 4.31 Å². The average molecular weight is 655 g/mol. The van der Waals surface area contributed by atoms with Crippen LogP contribution in [-0.4, -0.2) is 43.8 Å². The Hall–Kier alpha value is -2.59. The highest BCUT2D eigenvalue weighted by molar-refractivity contribution is 9.10. The average Bonchev–Trinajstić information content (AvgIpc) is 2.88. The van der Waals surface area contributed by atoms with Crippen molar-refractivity contribution in [2.45, 2.75) is 50.7 Å². The van der Waals surface area contributed by atoms with Crippen LogP contribution in [0.4, 0.5) is 5.69 Å². The van der Waals surface area contributed by atoms with Gasteiger partial charge in [-0.2, -0.15) is 0 Å². The Kier molecular flexibility index (Phi) is 10.8. The molecule has 11 heteroatoms. The zero-order valence-electron chi connectivity index (χ0n) is 21.8. The van der Waals surface area contributed by atoms with Crippen LogP contribution < -0.4 is 9.62 Å². The van der Waals surface area contributed by atoms with Crippen LogP contribution in [0.15, 0.2) is 82.2 Å². The van der Waals surface area contributed by atoms with Gasteiger partial charge in [0, 0.05) is 27.1 Å². The van der Waals surface area contributed by atoms with E-state index in [-0.39, 0.29) is 23.4 Å². The van der Waals surface area contributed by atoms with Crippen molar-refractivity contribution in [1.82, 2.24) is 10.2 Å². The zero-order chi connectivity index (χ0) is 28.7. The predicted molar refractivity (Wildman–Crippen MR) is 159 cm³/mol. The summed E-state index contributed by atoms with van der Waals surface area (Å²) in [7, 11) is -4.14. The zero-order valence-corrected chi connectivity index (χ0v) is 25.7. The van der Waals surface area contributed by atoms with Crippen molar-refractivity contribution in [3.05, 3.63) is 92.9 Å². The van der Waals surface area contributed by atoms with Crippen LogP contribution >= 0.6 is 39.1 Å². The second-order valence-electron chi connectivity index (χ2n) is 9.15. The molecule has 0 saturated heterocycles. The summed E-state index contributed by atoms with van der Waals surface area (Å²) >= 11 is 15.9. The molecular formula is C28H30BrCl2N3O4S. The molecule has 39 heavy (non-hydrogen) atoms. The molecule has 3 aromatic rings. The van der Waals surface area contributed by atoms with Gasteiger partial charge in [0.05, 0.1) is 10.6 Å². The first-order valence-corrected chi connectivity index (χ1v) is 15.3. The van der Waals surface area contributed by atoms with Crippen LogP contribution in [0.2, 0.25) is 10.0 Å². The van der Waals surface area contributed by atoms with Crippen molar-refractivity contribution in [1.29, 1.82) is 0 Å². The van der Waals surface area contributed by atoms with Gasteiger partial charge in [-0.15, -0.1) is 0 Å². The van der Waals surface area contributed by atoms with E-state index in [0.29, 0.717) is 32.2 Å². The maximum Gasteiger partial charge on any atom is 0.264 e. The van der Waals surface area contributed by atoms with Crippen LogP contribution in [-0.2, 0) is 26.2 Å². The molecule has 0 heterocycles. The molecule has 208 valence electrons. The van der Waals surface area contributed by atoms with Gasteiger partial charge in [-0.3, -0.25) is 13.9 Å². The highest BCUT2D eigenvalue weighted by atomic mass is 79.9. The molecule has 0 spiro atoms. The molecule has 7 nitrogen and oxygen atoms in total. The molecule has 0 bridgehead atoms. The number of carbonyl (C=O) groups is 2. The lowest BCUT2D eigenvalue weighted by Gasteiger charge is -2.33. The number of hydrogen-bond donors (Lipinski definition) is 1. The number of rotatable bonds is 11. The van der Waals surface area contributed by atoms with Crippen molar-refractivity contribution in [2.75, 3.05) is 10.8 Å². The third-order valence-electron chi connectivity index (χ3n) is 5.88. The van der Waals surface area contributed by atoms with Crippen molar-refractivity contribution >= 4 is 66.7 Å². The van der Waals surface area contributed by atoms with Gasteiger partial charge in [0.15, 0.2) is 0 Å². The minimum absolute atomic E-state index is 0.0173. The largest absolute Gasteiger partial charge is 0.352 e. The van der Waals surface area contributed by atoms with E-state index in [4.69, 9.17) is 23.2 Å². The molecular weight excluding hydrogens is 625 g/mol. The van der Waals surface area contributed by atoms with Gasteiger partial charge in [-0.05, 0) is 68.3 Å². The van der Waals surface area contributed by atoms with E-state index in [1.165, 1.54) is 17.0 Å². The van der Waals surface area contributed by atoms with Crippen LogP contribution in [0.1, 0.15) is 32.8 Å². The maximum absolute atomic E-state index is 14.0.